The van der Waals surface area contributed by atoms with Crippen molar-refractivity contribution in [3.05, 3.63) is 71.3 Å². The molecule has 3 heteroatoms. The maximum absolute atomic E-state index is 12.9. The van der Waals surface area contributed by atoms with Crippen LogP contribution in [0.15, 0.2) is 54.6 Å². The van der Waals surface area contributed by atoms with Gasteiger partial charge in [0.25, 0.3) is 0 Å². The fourth-order valence-electron chi connectivity index (χ4n) is 3.27. The standard InChI is InChI=1S/C19H19NO2/c1-13(21)20-17(14-9-5-4-6-10-14)15-11-7-8-12-16(15)19(2,3)18(20)22/h4-12,17H,1-3H3. The lowest BCUT2D eigenvalue weighted by Crippen LogP contribution is -2.52. The van der Waals surface area contributed by atoms with Gasteiger partial charge in [0, 0.05) is 6.92 Å². The molecule has 0 fully saturated rings. The Morgan fingerprint density at radius 1 is 1.00 bits per heavy atom. The first-order valence-electron chi connectivity index (χ1n) is 7.43. The Balaban J connectivity index is 2.29. The number of benzene rings is 2. The summed E-state index contributed by atoms with van der Waals surface area (Å²) in [4.78, 5) is 26.5. The monoisotopic (exact) mass is 293 g/mol. The van der Waals surface area contributed by atoms with Crippen molar-refractivity contribution in [3.63, 3.8) is 0 Å². The first kappa shape index (κ1) is 14.5. The van der Waals surface area contributed by atoms with Gasteiger partial charge in [-0.15, -0.1) is 0 Å². The highest BCUT2D eigenvalue weighted by Gasteiger charge is 2.46. The molecule has 112 valence electrons. The summed E-state index contributed by atoms with van der Waals surface area (Å²) >= 11 is 0. The molecule has 0 radical (unpaired) electrons. The van der Waals surface area contributed by atoms with Crippen LogP contribution in [-0.4, -0.2) is 16.7 Å². The third kappa shape index (κ3) is 2.05. The van der Waals surface area contributed by atoms with E-state index in [2.05, 4.69) is 0 Å². The van der Waals surface area contributed by atoms with Crippen molar-refractivity contribution in [2.45, 2.75) is 32.2 Å². The van der Waals surface area contributed by atoms with Gasteiger partial charge >= 0.3 is 0 Å². The number of hydrogen-bond acceptors (Lipinski definition) is 2. The van der Waals surface area contributed by atoms with Gasteiger partial charge in [-0.05, 0) is 30.5 Å². The SMILES string of the molecule is CC(=O)N1C(=O)C(C)(C)c2ccccc2C1c1ccccc1. The summed E-state index contributed by atoms with van der Waals surface area (Å²) in [7, 11) is 0. The third-order valence-corrected chi connectivity index (χ3v) is 4.39. The van der Waals surface area contributed by atoms with Crippen molar-refractivity contribution >= 4 is 11.8 Å². The van der Waals surface area contributed by atoms with E-state index in [1.165, 1.54) is 11.8 Å². The van der Waals surface area contributed by atoms with Crippen LogP contribution in [0.1, 0.15) is 43.5 Å². The van der Waals surface area contributed by atoms with Gasteiger partial charge in [0.15, 0.2) is 0 Å². The maximum Gasteiger partial charge on any atom is 0.240 e. The fourth-order valence-corrected chi connectivity index (χ4v) is 3.27. The molecule has 0 aliphatic carbocycles. The van der Waals surface area contributed by atoms with Crippen LogP contribution in [0.2, 0.25) is 0 Å². The molecule has 1 unspecified atom stereocenters. The average Bonchev–Trinajstić information content (AvgIpc) is 2.51. The largest absolute Gasteiger partial charge is 0.275 e. The molecule has 2 aromatic carbocycles. The number of imide groups is 1. The van der Waals surface area contributed by atoms with Gasteiger partial charge in [-0.3, -0.25) is 14.5 Å². The Morgan fingerprint density at radius 3 is 2.23 bits per heavy atom. The number of hydrogen-bond donors (Lipinski definition) is 0. The van der Waals surface area contributed by atoms with E-state index < -0.39 is 5.41 Å². The molecule has 0 saturated carbocycles. The van der Waals surface area contributed by atoms with Gasteiger partial charge in [0.1, 0.15) is 0 Å². The summed E-state index contributed by atoms with van der Waals surface area (Å²) in [5.74, 6) is -0.367. The second-order valence-electron chi connectivity index (χ2n) is 6.22. The quantitative estimate of drug-likeness (QED) is 0.807. The molecule has 1 atom stereocenters. The molecule has 0 saturated heterocycles. The van der Waals surface area contributed by atoms with Crippen LogP contribution in [0, 0.1) is 0 Å². The number of fused-ring (bicyclic) bond motifs is 1. The number of carbonyl (C=O) groups is 2. The zero-order chi connectivity index (χ0) is 15.9. The molecule has 1 heterocycles. The van der Waals surface area contributed by atoms with Gasteiger partial charge in [-0.1, -0.05) is 54.6 Å². The normalized spacial score (nSPS) is 19.7. The molecule has 3 rings (SSSR count). The molecular formula is C19H19NO2. The van der Waals surface area contributed by atoms with Gasteiger partial charge in [0.05, 0.1) is 11.5 Å². The zero-order valence-corrected chi connectivity index (χ0v) is 13.0. The molecular weight excluding hydrogens is 274 g/mol. The lowest BCUT2D eigenvalue weighted by molar-refractivity contribution is -0.150. The Hall–Kier alpha value is -2.42. The summed E-state index contributed by atoms with van der Waals surface area (Å²) in [5, 5.41) is 0. The van der Waals surface area contributed by atoms with Crippen LogP contribution >= 0.6 is 0 Å². The smallest absolute Gasteiger partial charge is 0.240 e. The molecule has 0 N–H and O–H groups in total. The number of amides is 2. The lowest BCUT2D eigenvalue weighted by Gasteiger charge is -2.43. The van der Waals surface area contributed by atoms with E-state index in [9.17, 15) is 9.59 Å². The average molecular weight is 293 g/mol. The predicted octanol–water partition coefficient (Wildman–Crippen LogP) is 3.44. The van der Waals surface area contributed by atoms with Gasteiger partial charge < -0.3 is 0 Å². The van der Waals surface area contributed by atoms with E-state index in [1.807, 2.05) is 68.4 Å². The lowest BCUT2D eigenvalue weighted by atomic mass is 9.73. The van der Waals surface area contributed by atoms with Gasteiger partial charge in [-0.2, -0.15) is 0 Å². The minimum atomic E-state index is -0.701. The number of nitrogens with zero attached hydrogens (tertiary/aromatic N) is 1. The number of rotatable bonds is 1. The van der Waals surface area contributed by atoms with E-state index in [4.69, 9.17) is 0 Å². The molecule has 3 nitrogen and oxygen atoms in total. The first-order valence-corrected chi connectivity index (χ1v) is 7.43. The fraction of sp³-hybridized carbons (Fsp3) is 0.263. The van der Waals surface area contributed by atoms with Crippen LogP contribution in [0.3, 0.4) is 0 Å². The van der Waals surface area contributed by atoms with Crippen LogP contribution in [0.25, 0.3) is 0 Å². The minimum absolute atomic E-state index is 0.146. The minimum Gasteiger partial charge on any atom is -0.275 e. The van der Waals surface area contributed by atoms with Crippen molar-refractivity contribution in [2.24, 2.45) is 0 Å². The summed E-state index contributed by atoms with van der Waals surface area (Å²) in [6.45, 7) is 5.22. The second-order valence-corrected chi connectivity index (χ2v) is 6.22. The van der Waals surface area contributed by atoms with Crippen LogP contribution in [0.4, 0.5) is 0 Å². The molecule has 0 spiro atoms. The van der Waals surface area contributed by atoms with Crippen molar-refractivity contribution in [2.75, 3.05) is 0 Å². The molecule has 0 bridgehead atoms. The van der Waals surface area contributed by atoms with Gasteiger partial charge in [-0.25, -0.2) is 0 Å². The molecule has 1 aliphatic heterocycles. The molecule has 2 amide bonds. The summed E-state index contributed by atoms with van der Waals surface area (Å²) in [5.41, 5.74) is 2.27. The molecule has 22 heavy (non-hydrogen) atoms. The topological polar surface area (TPSA) is 37.4 Å². The molecule has 1 aliphatic rings. The van der Waals surface area contributed by atoms with Crippen LogP contribution in [-0.2, 0) is 15.0 Å². The van der Waals surface area contributed by atoms with E-state index >= 15 is 0 Å². The predicted molar refractivity (Wildman–Crippen MR) is 85.3 cm³/mol. The maximum atomic E-state index is 12.9. The zero-order valence-electron chi connectivity index (χ0n) is 13.0. The van der Waals surface area contributed by atoms with Gasteiger partial charge in [0.2, 0.25) is 11.8 Å². The Labute approximate surface area is 130 Å². The van der Waals surface area contributed by atoms with Crippen molar-refractivity contribution in [1.29, 1.82) is 0 Å². The van der Waals surface area contributed by atoms with Crippen molar-refractivity contribution < 1.29 is 9.59 Å². The summed E-state index contributed by atoms with van der Waals surface area (Å²) < 4.78 is 0. The summed E-state index contributed by atoms with van der Waals surface area (Å²) in [6.07, 6.45) is 0. The summed E-state index contributed by atoms with van der Waals surface area (Å²) in [6, 6.07) is 17.3. The van der Waals surface area contributed by atoms with Crippen molar-refractivity contribution in [1.82, 2.24) is 4.90 Å². The van der Waals surface area contributed by atoms with Crippen LogP contribution < -0.4 is 0 Å². The highest BCUT2D eigenvalue weighted by Crippen LogP contribution is 2.43. The van der Waals surface area contributed by atoms with E-state index in [0.717, 1.165) is 16.7 Å². The first-order chi connectivity index (χ1) is 10.4. The Kier molecular flexibility index (Phi) is 3.36. The van der Waals surface area contributed by atoms with E-state index in [-0.39, 0.29) is 17.9 Å². The Morgan fingerprint density at radius 2 is 1.59 bits per heavy atom. The van der Waals surface area contributed by atoms with Crippen molar-refractivity contribution in [3.8, 4) is 0 Å². The third-order valence-electron chi connectivity index (χ3n) is 4.39. The highest BCUT2D eigenvalue weighted by molar-refractivity contribution is 6.02. The van der Waals surface area contributed by atoms with E-state index in [1.54, 1.807) is 0 Å². The van der Waals surface area contributed by atoms with Crippen LogP contribution in [0.5, 0.6) is 0 Å². The Bertz CT molecular complexity index is 734. The second kappa shape index (κ2) is 5.09. The van der Waals surface area contributed by atoms with E-state index in [0.29, 0.717) is 0 Å². The molecule has 2 aromatic rings. The highest BCUT2D eigenvalue weighted by atomic mass is 16.2. The molecule has 0 aromatic heterocycles. The number of carbonyl (C=O) groups excluding carboxylic acids is 2.